The molecule has 2 aromatic rings. The van der Waals surface area contributed by atoms with Crippen molar-refractivity contribution in [3.8, 4) is 16.3 Å². The van der Waals surface area contributed by atoms with Crippen LogP contribution in [0.15, 0.2) is 30.5 Å². The molecule has 2 atom stereocenters. The van der Waals surface area contributed by atoms with Crippen molar-refractivity contribution >= 4 is 21.4 Å². The van der Waals surface area contributed by atoms with Crippen LogP contribution in [-0.2, 0) is 14.8 Å². The van der Waals surface area contributed by atoms with Gasteiger partial charge in [-0.2, -0.15) is 0 Å². The van der Waals surface area contributed by atoms with Gasteiger partial charge in [-0.3, -0.25) is 0 Å². The summed E-state index contributed by atoms with van der Waals surface area (Å²) in [5.74, 6) is 0.853. The molecule has 1 fully saturated rings. The number of nitrogens with zero attached hydrogens (tertiary/aromatic N) is 1. The van der Waals surface area contributed by atoms with Gasteiger partial charge in [-0.05, 0) is 37.6 Å². The second-order valence-corrected chi connectivity index (χ2v) is 9.25. The molecule has 1 aliphatic rings. The van der Waals surface area contributed by atoms with Crippen molar-refractivity contribution in [2.75, 3.05) is 26.1 Å². The zero-order valence-corrected chi connectivity index (χ0v) is 15.9. The minimum absolute atomic E-state index is 0.0877. The Morgan fingerprint density at radius 3 is 2.76 bits per heavy atom. The molecule has 1 N–H and O–H groups in total. The summed E-state index contributed by atoms with van der Waals surface area (Å²) in [6, 6.07) is 7.57. The van der Waals surface area contributed by atoms with E-state index in [-0.39, 0.29) is 12.0 Å². The number of aryl methyl sites for hydroxylation is 1. The van der Waals surface area contributed by atoms with E-state index in [1.54, 1.807) is 11.3 Å². The van der Waals surface area contributed by atoms with Crippen LogP contribution >= 0.6 is 11.3 Å². The van der Waals surface area contributed by atoms with Crippen LogP contribution in [-0.4, -0.2) is 45.5 Å². The zero-order chi connectivity index (χ0) is 17.9. The molecule has 6 nitrogen and oxygen atoms in total. The van der Waals surface area contributed by atoms with Crippen molar-refractivity contribution < 1.29 is 17.9 Å². The highest BCUT2D eigenvalue weighted by Crippen LogP contribution is 2.27. The summed E-state index contributed by atoms with van der Waals surface area (Å²) in [4.78, 5) is 5.56. The summed E-state index contributed by atoms with van der Waals surface area (Å²) in [6.45, 7) is 3.49. The highest BCUT2D eigenvalue weighted by molar-refractivity contribution is 7.88. The molecule has 0 radical (unpaired) electrons. The first-order valence-corrected chi connectivity index (χ1v) is 10.8. The Hall–Kier alpha value is -1.48. The van der Waals surface area contributed by atoms with Crippen molar-refractivity contribution in [3.05, 3.63) is 35.3 Å². The number of hydrogen-bond acceptors (Lipinski definition) is 6. The highest BCUT2D eigenvalue weighted by Gasteiger charge is 2.28. The van der Waals surface area contributed by atoms with E-state index in [0.29, 0.717) is 19.8 Å². The molecule has 0 aliphatic carbocycles. The number of thiazole rings is 1. The second-order valence-electron chi connectivity index (χ2n) is 6.23. The number of benzene rings is 1. The lowest BCUT2D eigenvalue weighted by molar-refractivity contribution is 0.0275. The Balaban J connectivity index is 1.60. The number of hydrogen-bond donors (Lipinski definition) is 1. The second kappa shape index (κ2) is 7.82. The fourth-order valence-corrected chi connectivity index (χ4v) is 4.35. The molecule has 0 bridgehead atoms. The van der Waals surface area contributed by atoms with Crippen molar-refractivity contribution in [1.29, 1.82) is 0 Å². The predicted octanol–water partition coefficient (Wildman–Crippen LogP) is 2.45. The molecule has 2 heterocycles. The molecular formula is C17H22N2O4S2. The van der Waals surface area contributed by atoms with Crippen molar-refractivity contribution in [2.45, 2.75) is 19.4 Å². The standard InChI is InChI=1S/C17H22N2O4S2/c1-12-9-18-17(24-12)13-3-5-15(6-4-13)23-10-14-7-8-22-11-16(14)19-25(2,20)21/h3-6,9,14,16,19H,7-8,10-11H2,1-2H3/t14-,16+/m1/s1. The first-order valence-electron chi connectivity index (χ1n) is 8.11. The third-order valence-corrected chi connectivity index (χ3v) is 5.74. The Morgan fingerprint density at radius 1 is 1.36 bits per heavy atom. The first kappa shape index (κ1) is 18.3. The van der Waals surface area contributed by atoms with Gasteiger partial charge in [0.1, 0.15) is 10.8 Å². The van der Waals surface area contributed by atoms with Crippen LogP contribution in [0.2, 0.25) is 0 Å². The molecular weight excluding hydrogens is 360 g/mol. The maximum Gasteiger partial charge on any atom is 0.209 e. The molecule has 1 aliphatic heterocycles. The zero-order valence-electron chi connectivity index (χ0n) is 14.3. The van der Waals surface area contributed by atoms with Gasteiger partial charge < -0.3 is 9.47 Å². The fourth-order valence-electron chi connectivity index (χ4n) is 2.77. The number of nitrogens with one attached hydrogen (secondary N) is 1. The van der Waals surface area contributed by atoms with E-state index in [9.17, 15) is 8.42 Å². The van der Waals surface area contributed by atoms with Crippen LogP contribution in [0.1, 0.15) is 11.3 Å². The maximum atomic E-state index is 11.5. The van der Waals surface area contributed by atoms with Gasteiger partial charge in [0.25, 0.3) is 0 Å². The molecule has 0 saturated carbocycles. The van der Waals surface area contributed by atoms with E-state index in [4.69, 9.17) is 9.47 Å². The Bertz CT molecular complexity index is 802. The maximum absolute atomic E-state index is 11.5. The molecule has 1 aromatic carbocycles. The van der Waals surface area contributed by atoms with Gasteiger partial charge in [0.15, 0.2) is 0 Å². The van der Waals surface area contributed by atoms with E-state index in [1.165, 1.54) is 11.1 Å². The average Bonchev–Trinajstić information content (AvgIpc) is 3.00. The van der Waals surface area contributed by atoms with E-state index in [0.717, 1.165) is 22.7 Å². The molecule has 1 aromatic heterocycles. The quantitative estimate of drug-likeness (QED) is 0.830. The number of aromatic nitrogens is 1. The fraction of sp³-hybridized carbons (Fsp3) is 0.471. The van der Waals surface area contributed by atoms with Crippen LogP contribution in [0.5, 0.6) is 5.75 Å². The SMILES string of the molecule is Cc1cnc(-c2ccc(OC[C@H]3CCOC[C@@H]3NS(C)(=O)=O)cc2)s1. The van der Waals surface area contributed by atoms with E-state index in [2.05, 4.69) is 9.71 Å². The molecule has 136 valence electrons. The lowest BCUT2D eigenvalue weighted by Gasteiger charge is -2.31. The highest BCUT2D eigenvalue weighted by atomic mass is 32.2. The number of sulfonamides is 1. The summed E-state index contributed by atoms with van der Waals surface area (Å²) in [6.07, 6.45) is 3.80. The summed E-state index contributed by atoms with van der Waals surface area (Å²) in [5.41, 5.74) is 1.06. The van der Waals surface area contributed by atoms with Gasteiger partial charge in [-0.1, -0.05) is 0 Å². The summed E-state index contributed by atoms with van der Waals surface area (Å²) < 4.78 is 36.9. The van der Waals surface area contributed by atoms with Crippen LogP contribution in [0, 0.1) is 12.8 Å². The van der Waals surface area contributed by atoms with Crippen molar-refractivity contribution in [2.24, 2.45) is 5.92 Å². The number of rotatable bonds is 6. The smallest absolute Gasteiger partial charge is 0.209 e. The largest absolute Gasteiger partial charge is 0.493 e. The third kappa shape index (κ3) is 5.24. The van der Waals surface area contributed by atoms with Crippen LogP contribution < -0.4 is 9.46 Å². The van der Waals surface area contributed by atoms with Crippen molar-refractivity contribution in [1.82, 2.24) is 9.71 Å². The summed E-state index contributed by atoms with van der Waals surface area (Å²) in [5, 5.41) is 0.992. The molecule has 8 heteroatoms. The van der Waals surface area contributed by atoms with E-state index >= 15 is 0 Å². The molecule has 1 saturated heterocycles. The van der Waals surface area contributed by atoms with Crippen LogP contribution in [0.3, 0.4) is 0 Å². The first-order chi connectivity index (χ1) is 11.9. The van der Waals surface area contributed by atoms with Gasteiger partial charge in [0, 0.05) is 29.2 Å². The summed E-state index contributed by atoms with van der Waals surface area (Å²) >= 11 is 1.66. The van der Waals surface area contributed by atoms with Gasteiger partial charge in [0.2, 0.25) is 10.0 Å². The summed E-state index contributed by atoms with van der Waals surface area (Å²) in [7, 11) is -3.27. The molecule has 3 rings (SSSR count). The van der Waals surface area contributed by atoms with Crippen LogP contribution in [0.25, 0.3) is 10.6 Å². The lowest BCUT2D eigenvalue weighted by atomic mass is 9.97. The molecule has 0 unspecified atom stereocenters. The minimum Gasteiger partial charge on any atom is -0.493 e. The molecule has 25 heavy (non-hydrogen) atoms. The van der Waals surface area contributed by atoms with E-state index < -0.39 is 10.0 Å². The molecule has 0 spiro atoms. The van der Waals surface area contributed by atoms with Gasteiger partial charge in [0.05, 0.1) is 25.5 Å². The van der Waals surface area contributed by atoms with Crippen molar-refractivity contribution in [3.63, 3.8) is 0 Å². The lowest BCUT2D eigenvalue weighted by Crippen LogP contribution is -2.48. The third-order valence-electron chi connectivity index (χ3n) is 4.05. The van der Waals surface area contributed by atoms with Gasteiger partial charge >= 0.3 is 0 Å². The Morgan fingerprint density at radius 2 is 2.12 bits per heavy atom. The Labute approximate surface area is 152 Å². The average molecular weight is 383 g/mol. The van der Waals surface area contributed by atoms with Gasteiger partial charge in [-0.15, -0.1) is 11.3 Å². The topological polar surface area (TPSA) is 77.5 Å². The Kier molecular flexibility index (Phi) is 5.73. The monoisotopic (exact) mass is 382 g/mol. The van der Waals surface area contributed by atoms with Crippen LogP contribution in [0.4, 0.5) is 0 Å². The molecule has 0 amide bonds. The van der Waals surface area contributed by atoms with E-state index in [1.807, 2.05) is 37.4 Å². The predicted molar refractivity (Wildman–Crippen MR) is 98.5 cm³/mol. The minimum atomic E-state index is -3.27. The van der Waals surface area contributed by atoms with Gasteiger partial charge in [-0.25, -0.2) is 18.1 Å². The number of ether oxygens (including phenoxy) is 2. The normalized spacial score (nSPS) is 21.2.